The molecule has 1 aromatic heterocycles. The molecule has 1 aromatic rings. The predicted molar refractivity (Wildman–Crippen MR) is 72.4 cm³/mol. The number of hydrogen-bond acceptors (Lipinski definition) is 3. The fourth-order valence-corrected chi connectivity index (χ4v) is 2.45. The lowest BCUT2D eigenvalue weighted by molar-refractivity contribution is 0.00562. The molecule has 0 radical (unpaired) electrons. The van der Waals surface area contributed by atoms with Crippen LogP contribution in [0.3, 0.4) is 0 Å². The van der Waals surface area contributed by atoms with Crippen molar-refractivity contribution in [1.82, 2.24) is 14.9 Å². The molecule has 102 valence electrons. The van der Waals surface area contributed by atoms with Crippen molar-refractivity contribution >= 4 is 0 Å². The second kappa shape index (κ2) is 5.85. The first-order chi connectivity index (χ1) is 8.59. The summed E-state index contributed by atoms with van der Waals surface area (Å²) in [4.78, 5) is 4.26. The van der Waals surface area contributed by atoms with Crippen LogP contribution in [0.15, 0.2) is 12.5 Å². The molecule has 2 rings (SSSR count). The van der Waals surface area contributed by atoms with Gasteiger partial charge in [-0.15, -0.1) is 0 Å². The number of hydrogen-bond donors (Lipinski definition) is 1. The van der Waals surface area contributed by atoms with Gasteiger partial charge in [0, 0.05) is 19.3 Å². The SMILES string of the molecule is CC(C)CNCc1cncn1CC1(C)CCCO1. The third-order valence-electron chi connectivity index (χ3n) is 3.46. The lowest BCUT2D eigenvalue weighted by Crippen LogP contribution is -2.31. The summed E-state index contributed by atoms with van der Waals surface area (Å²) in [6, 6.07) is 0. The summed E-state index contributed by atoms with van der Waals surface area (Å²) in [5.41, 5.74) is 1.24. The Balaban J connectivity index is 1.90. The normalized spacial score (nSPS) is 24.0. The van der Waals surface area contributed by atoms with Crippen LogP contribution in [0.2, 0.25) is 0 Å². The molecule has 0 aromatic carbocycles. The summed E-state index contributed by atoms with van der Waals surface area (Å²) in [5, 5.41) is 3.46. The Hall–Kier alpha value is -0.870. The van der Waals surface area contributed by atoms with Crippen LogP contribution < -0.4 is 5.32 Å². The molecular formula is C14H25N3O. The second-order valence-corrected chi connectivity index (χ2v) is 5.94. The standard InChI is InChI=1S/C14H25N3O/c1-12(2)7-15-8-13-9-16-11-17(13)10-14(3)5-4-6-18-14/h9,11-12,15H,4-8,10H2,1-3H3. The zero-order chi connectivity index (χ0) is 13.0. The van der Waals surface area contributed by atoms with Crippen LogP contribution in [0.5, 0.6) is 0 Å². The first-order valence-electron chi connectivity index (χ1n) is 6.93. The first kappa shape index (κ1) is 13.6. The minimum Gasteiger partial charge on any atom is -0.373 e. The molecule has 2 heterocycles. The second-order valence-electron chi connectivity index (χ2n) is 5.94. The van der Waals surface area contributed by atoms with Crippen molar-refractivity contribution in [2.24, 2.45) is 5.92 Å². The number of nitrogens with one attached hydrogen (secondary N) is 1. The van der Waals surface area contributed by atoms with E-state index in [0.717, 1.165) is 32.7 Å². The molecule has 1 atom stereocenters. The first-order valence-corrected chi connectivity index (χ1v) is 6.93. The van der Waals surface area contributed by atoms with E-state index < -0.39 is 0 Å². The van der Waals surface area contributed by atoms with Gasteiger partial charge < -0.3 is 14.6 Å². The van der Waals surface area contributed by atoms with Gasteiger partial charge in [0.15, 0.2) is 0 Å². The third-order valence-corrected chi connectivity index (χ3v) is 3.46. The Bertz CT molecular complexity index is 367. The highest BCUT2D eigenvalue weighted by Crippen LogP contribution is 2.27. The summed E-state index contributed by atoms with van der Waals surface area (Å²) in [6.45, 7) is 10.4. The Morgan fingerprint density at radius 3 is 3.06 bits per heavy atom. The van der Waals surface area contributed by atoms with Crippen molar-refractivity contribution < 1.29 is 4.74 Å². The van der Waals surface area contributed by atoms with Gasteiger partial charge in [-0.3, -0.25) is 0 Å². The summed E-state index contributed by atoms with van der Waals surface area (Å²) >= 11 is 0. The van der Waals surface area contributed by atoms with Crippen molar-refractivity contribution in [2.45, 2.75) is 52.3 Å². The van der Waals surface area contributed by atoms with Crippen LogP contribution in [-0.2, 0) is 17.8 Å². The highest BCUT2D eigenvalue weighted by molar-refractivity contribution is 5.00. The summed E-state index contributed by atoms with van der Waals surface area (Å²) < 4.78 is 8.06. The minimum absolute atomic E-state index is 0.00645. The van der Waals surface area contributed by atoms with Crippen LogP contribution in [0.25, 0.3) is 0 Å². The zero-order valence-electron chi connectivity index (χ0n) is 11.8. The quantitative estimate of drug-likeness (QED) is 0.842. The van der Waals surface area contributed by atoms with Crippen molar-refractivity contribution in [3.63, 3.8) is 0 Å². The average molecular weight is 251 g/mol. The Morgan fingerprint density at radius 1 is 1.56 bits per heavy atom. The van der Waals surface area contributed by atoms with Crippen molar-refractivity contribution in [2.75, 3.05) is 13.2 Å². The monoisotopic (exact) mass is 251 g/mol. The lowest BCUT2D eigenvalue weighted by atomic mass is 10.0. The molecular weight excluding hydrogens is 226 g/mol. The molecule has 1 unspecified atom stereocenters. The van der Waals surface area contributed by atoms with Crippen LogP contribution in [0, 0.1) is 5.92 Å². The largest absolute Gasteiger partial charge is 0.373 e. The van der Waals surface area contributed by atoms with E-state index in [2.05, 4.69) is 35.6 Å². The van der Waals surface area contributed by atoms with E-state index in [9.17, 15) is 0 Å². The number of ether oxygens (including phenoxy) is 1. The molecule has 0 aliphatic carbocycles. The van der Waals surface area contributed by atoms with E-state index in [-0.39, 0.29) is 5.60 Å². The highest BCUT2D eigenvalue weighted by atomic mass is 16.5. The van der Waals surface area contributed by atoms with Gasteiger partial charge in [0.2, 0.25) is 0 Å². The molecule has 0 amide bonds. The van der Waals surface area contributed by atoms with Gasteiger partial charge in [-0.1, -0.05) is 13.8 Å². The summed E-state index contributed by atoms with van der Waals surface area (Å²) in [7, 11) is 0. The van der Waals surface area contributed by atoms with Crippen molar-refractivity contribution in [1.29, 1.82) is 0 Å². The molecule has 0 spiro atoms. The Morgan fingerprint density at radius 2 is 2.39 bits per heavy atom. The molecule has 4 heteroatoms. The molecule has 4 nitrogen and oxygen atoms in total. The third kappa shape index (κ3) is 3.56. The summed E-state index contributed by atoms with van der Waals surface area (Å²) in [6.07, 6.45) is 6.18. The predicted octanol–water partition coefficient (Wildman–Crippen LogP) is 2.20. The zero-order valence-corrected chi connectivity index (χ0v) is 11.8. The lowest BCUT2D eigenvalue weighted by Gasteiger charge is -2.24. The van der Waals surface area contributed by atoms with E-state index in [1.807, 2.05) is 12.5 Å². The van der Waals surface area contributed by atoms with E-state index in [4.69, 9.17) is 4.74 Å². The fourth-order valence-electron chi connectivity index (χ4n) is 2.45. The van der Waals surface area contributed by atoms with Crippen LogP contribution in [0.1, 0.15) is 39.3 Å². The van der Waals surface area contributed by atoms with Gasteiger partial charge in [0.05, 0.1) is 24.2 Å². The Kier molecular flexibility index (Phi) is 4.40. The molecule has 0 bridgehead atoms. The van der Waals surface area contributed by atoms with Crippen LogP contribution in [-0.4, -0.2) is 28.3 Å². The molecule has 1 aliphatic heterocycles. The molecule has 1 fully saturated rings. The van der Waals surface area contributed by atoms with Crippen molar-refractivity contribution in [3.8, 4) is 0 Å². The number of nitrogens with zero attached hydrogens (tertiary/aromatic N) is 2. The maximum atomic E-state index is 5.84. The topological polar surface area (TPSA) is 39.1 Å². The summed E-state index contributed by atoms with van der Waals surface area (Å²) in [5.74, 6) is 0.678. The highest BCUT2D eigenvalue weighted by Gasteiger charge is 2.30. The maximum absolute atomic E-state index is 5.84. The van der Waals surface area contributed by atoms with Gasteiger partial charge >= 0.3 is 0 Å². The van der Waals surface area contributed by atoms with Crippen LogP contribution >= 0.6 is 0 Å². The molecule has 18 heavy (non-hydrogen) atoms. The van der Waals surface area contributed by atoms with Crippen LogP contribution in [0.4, 0.5) is 0 Å². The number of rotatable bonds is 6. The van der Waals surface area contributed by atoms with E-state index >= 15 is 0 Å². The molecule has 1 aliphatic rings. The van der Waals surface area contributed by atoms with E-state index in [1.54, 1.807) is 0 Å². The fraction of sp³-hybridized carbons (Fsp3) is 0.786. The number of imidazole rings is 1. The minimum atomic E-state index is -0.00645. The Labute approximate surface area is 110 Å². The van der Waals surface area contributed by atoms with E-state index in [1.165, 1.54) is 12.1 Å². The molecule has 1 saturated heterocycles. The van der Waals surface area contributed by atoms with Gasteiger partial charge in [0.1, 0.15) is 0 Å². The van der Waals surface area contributed by atoms with Gasteiger partial charge in [-0.05, 0) is 32.2 Å². The number of aromatic nitrogens is 2. The van der Waals surface area contributed by atoms with E-state index in [0.29, 0.717) is 5.92 Å². The molecule has 0 saturated carbocycles. The van der Waals surface area contributed by atoms with Gasteiger partial charge in [0.25, 0.3) is 0 Å². The van der Waals surface area contributed by atoms with Gasteiger partial charge in [-0.25, -0.2) is 4.98 Å². The maximum Gasteiger partial charge on any atom is 0.0949 e. The van der Waals surface area contributed by atoms with Gasteiger partial charge in [-0.2, -0.15) is 0 Å². The smallest absolute Gasteiger partial charge is 0.0949 e. The van der Waals surface area contributed by atoms with Crippen molar-refractivity contribution in [3.05, 3.63) is 18.2 Å². The molecule has 1 N–H and O–H groups in total. The average Bonchev–Trinajstić information content (AvgIpc) is 2.89.